The van der Waals surface area contributed by atoms with E-state index in [1.165, 1.54) is 0 Å². The van der Waals surface area contributed by atoms with Gasteiger partial charge < -0.3 is 25.2 Å². The van der Waals surface area contributed by atoms with Crippen LogP contribution in [-0.4, -0.2) is 72.6 Å². The predicted molar refractivity (Wildman–Crippen MR) is 130 cm³/mol. The molecule has 0 radical (unpaired) electrons. The second kappa shape index (κ2) is 9.69. The van der Waals surface area contributed by atoms with Gasteiger partial charge in [0.2, 0.25) is 0 Å². The molecule has 2 saturated heterocycles. The Morgan fingerprint density at radius 1 is 1.26 bits per heavy atom. The number of likely N-dealkylation sites (tertiary alicyclic amines) is 1. The van der Waals surface area contributed by atoms with Gasteiger partial charge in [0.25, 0.3) is 16.0 Å². The molecule has 0 aromatic rings. The highest BCUT2D eigenvalue weighted by molar-refractivity contribution is 7.90. The zero-order valence-corrected chi connectivity index (χ0v) is 21.2. The summed E-state index contributed by atoms with van der Waals surface area (Å²) >= 11 is 0. The molecule has 10 nitrogen and oxygen atoms in total. The molecule has 4 aliphatic rings. The van der Waals surface area contributed by atoms with E-state index < -0.39 is 21.6 Å². The zero-order chi connectivity index (χ0) is 25.4. The Morgan fingerprint density at radius 2 is 1.97 bits per heavy atom. The molecule has 11 heteroatoms. The third kappa shape index (κ3) is 5.72. The van der Waals surface area contributed by atoms with Gasteiger partial charge in [-0.1, -0.05) is 6.08 Å². The summed E-state index contributed by atoms with van der Waals surface area (Å²) in [7, 11) is -4.62. The number of hydrogen-bond acceptors (Lipinski definition) is 7. The van der Waals surface area contributed by atoms with Crippen LogP contribution < -0.4 is 10.6 Å². The van der Waals surface area contributed by atoms with Gasteiger partial charge in [0.05, 0.1) is 17.3 Å². The largest absolute Gasteiger partial charge is 0.444 e. The van der Waals surface area contributed by atoms with Crippen molar-refractivity contribution in [2.75, 3.05) is 26.2 Å². The maximum absolute atomic E-state index is 13.0. The van der Waals surface area contributed by atoms with Gasteiger partial charge in [-0.15, -0.1) is 0 Å². The van der Waals surface area contributed by atoms with E-state index in [0.717, 1.165) is 31.5 Å². The normalized spacial score (nSPS) is 22.3. The Hall–Kier alpha value is -2.79. The standard InChI is InChI=1S/C24H34N4O6S/c1-24(2,3)34-23(30)27-12-9-16(10-13-27)6-5-11-25-22(29)18-14-17-15-26-20-8-4-7-19(28(17)20)21(18)35(31,32)33/h4,7-8,14,16-17,26H,5-6,9-13,15H2,1-3H3,(H,25,29)(H,31,32,33). The van der Waals surface area contributed by atoms with Crippen molar-refractivity contribution in [1.82, 2.24) is 20.4 Å². The van der Waals surface area contributed by atoms with Crippen LogP contribution in [0.2, 0.25) is 0 Å². The molecule has 1 atom stereocenters. The first-order valence-electron chi connectivity index (χ1n) is 12.1. The van der Waals surface area contributed by atoms with Crippen molar-refractivity contribution in [3.63, 3.8) is 0 Å². The van der Waals surface area contributed by atoms with E-state index >= 15 is 0 Å². The molecule has 2 amide bonds. The summed E-state index contributed by atoms with van der Waals surface area (Å²) in [4.78, 5) is 28.3. The number of piperidine rings is 1. The number of amides is 2. The molecule has 4 rings (SSSR count). The lowest BCUT2D eigenvalue weighted by atomic mass is 9.92. The van der Waals surface area contributed by atoms with Gasteiger partial charge in [-0.25, -0.2) is 4.79 Å². The van der Waals surface area contributed by atoms with Gasteiger partial charge >= 0.3 is 6.09 Å². The summed E-state index contributed by atoms with van der Waals surface area (Å²) in [5.74, 6) is 0.675. The van der Waals surface area contributed by atoms with E-state index in [1.54, 1.807) is 28.0 Å². The van der Waals surface area contributed by atoms with Crippen LogP contribution in [0.1, 0.15) is 46.5 Å². The van der Waals surface area contributed by atoms with Crippen LogP contribution in [0.15, 0.2) is 46.3 Å². The number of ether oxygens (including phenoxy) is 1. The van der Waals surface area contributed by atoms with Crippen molar-refractivity contribution >= 4 is 22.1 Å². The van der Waals surface area contributed by atoms with Crippen LogP contribution in [-0.2, 0) is 19.6 Å². The molecule has 1 unspecified atom stereocenters. The highest BCUT2D eigenvalue weighted by Crippen LogP contribution is 2.37. The van der Waals surface area contributed by atoms with Gasteiger partial charge in [-0.05, 0) is 70.6 Å². The molecule has 0 bridgehead atoms. The van der Waals surface area contributed by atoms with Gasteiger partial charge in [-0.3, -0.25) is 9.35 Å². The zero-order valence-electron chi connectivity index (χ0n) is 20.4. The molecule has 3 N–H and O–H groups in total. The van der Waals surface area contributed by atoms with Crippen LogP contribution >= 0.6 is 0 Å². The van der Waals surface area contributed by atoms with Gasteiger partial charge in [0.1, 0.15) is 16.3 Å². The number of carbonyl (C=O) groups excluding carboxylic acids is 2. The Morgan fingerprint density at radius 3 is 2.63 bits per heavy atom. The number of nitrogens with one attached hydrogen (secondary N) is 2. The van der Waals surface area contributed by atoms with Crippen molar-refractivity contribution in [3.05, 3.63) is 46.3 Å². The maximum Gasteiger partial charge on any atom is 0.410 e. The third-order valence-corrected chi connectivity index (χ3v) is 7.48. The first kappa shape index (κ1) is 25.3. The number of allylic oxidation sites excluding steroid dienone is 3. The molecule has 4 aliphatic heterocycles. The fraction of sp³-hybridized carbons (Fsp3) is 0.583. The van der Waals surface area contributed by atoms with Crippen molar-refractivity contribution in [3.8, 4) is 0 Å². The van der Waals surface area contributed by atoms with Crippen molar-refractivity contribution in [2.45, 2.75) is 58.1 Å². The molecule has 0 aliphatic carbocycles. The third-order valence-electron chi connectivity index (χ3n) is 6.53. The second-order valence-electron chi connectivity index (χ2n) is 10.3. The number of rotatable bonds is 6. The predicted octanol–water partition coefficient (Wildman–Crippen LogP) is 2.25. The topological polar surface area (TPSA) is 128 Å². The minimum absolute atomic E-state index is 0.0241. The van der Waals surface area contributed by atoms with Gasteiger partial charge in [0, 0.05) is 26.2 Å². The molecule has 192 valence electrons. The van der Waals surface area contributed by atoms with Gasteiger partial charge in [-0.2, -0.15) is 8.42 Å². The monoisotopic (exact) mass is 506 g/mol. The summed E-state index contributed by atoms with van der Waals surface area (Å²) in [5, 5.41) is 6.01. The lowest BCUT2D eigenvalue weighted by molar-refractivity contribution is -0.117. The summed E-state index contributed by atoms with van der Waals surface area (Å²) in [5.41, 5.74) is -0.238. The van der Waals surface area contributed by atoms with Crippen molar-refractivity contribution in [2.24, 2.45) is 5.92 Å². The molecular formula is C24H34N4O6S. The highest BCUT2D eigenvalue weighted by atomic mass is 32.2. The van der Waals surface area contributed by atoms with E-state index in [2.05, 4.69) is 10.6 Å². The Kier molecular flexibility index (Phi) is 7.01. The molecule has 35 heavy (non-hydrogen) atoms. The Bertz CT molecular complexity index is 1110. The second-order valence-corrected chi connectivity index (χ2v) is 11.7. The minimum Gasteiger partial charge on any atom is -0.444 e. The average Bonchev–Trinajstić information content (AvgIpc) is 3.19. The van der Waals surface area contributed by atoms with E-state index in [-0.39, 0.29) is 22.6 Å². The lowest BCUT2D eigenvalue weighted by Crippen LogP contribution is -2.41. The summed E-state index contributed by atoms with van der Waals surface area (Å²) in [6.07, 6.45) is 9.81. The Balaban J connectivity index is 1.29. The quantitative estimate of drug-likeness (QED) is 0.370. The van der Waals surface area contributed by atoms with Crippen LogP contribution in [0.4, 0.5) is 4.79 Å². The lowest BCUT2D eigenvalue weighted by Gasteiger charge is -2.33. The molecule has 0 aromatic heterocycles. The van der Waals surface area contributed by atoms with E-state index in [0.29, 0.717) is 37.8 Å². The Labute approximate surface area is 206 Å². The molecule has 0 saturated carbocycles. The van der Waals surface area contributed by atoms with Gasteiger partial charge in [0.15, 0.2) is 0 Å². The van der Waals surface area contributed by atoms with Crippen LogP contribution in [0.25, 0.3) is 0 Å². The fourth-order valence-corrected chi connectivity index (χ4v) is 5.78. The SMILES string of the molecule is CC(C)(C)OC(=O)N1CCC(CCCNC(=O)C2=CC3CNC4=CC=CC(=C2S(=O)(=O)O)N43)CC1. The first-order chi connectivity index (χ1) is 16.4. The van der Waals surface area contributed by atoms with Crippen LogP contribution in [0.3, 0.4) is 0 Å². The number of carbonyl (C=O) groups is 2. The molecule has 2 fully saturated rings. The smallest absolute Gasteiger partial charge is 0.410 e. The van der Waals surface area contributed by atoms with Crippen LogP contribution in [0.5, 0.6) is 0 Å². The summed E-state index contributed by atoms with van der Waals surface area (Å²) in [6, 6.07) is -0.206. The average molecular weight is 507 g/mol. The highest BCUT2D eigenvalue weighted by Gasteiger charge is 2.41. The first-order valence-corrected chi connectivity index (χ1v) is 13.5. The minimum atomic E-state index is -4.62. The molecule has 4 heterocycles. The molecule has 0 spiro atoms. The summed E-state index contributed by atoms with van der Waals surface area (Å²) in [6.45, 7) is 7.79. The summed E-state index contributed by atoms with van der Waals surface area (Å²) < 4.78 is 39.8. The molecule has 0 aromatic carbocycles. The van der Waals surface area contributed by atoms with E-state index in [9.17, 15) is 22.6 Å². The van der Waals surface area contributed by atoms with Crippen LogP contribution in [0, 0.1) is 5.92 Å². The van der Waals surface area contributed by atoms with E-state index in [4.69, 9.17) is 4.74 Å². The molecular weight excluding hydrogens is 472 g/mol. The van der Waals surface area contributed by atoms with Crippen molar-refractivity contribution in [1.29, 1.82) is 0 Å². The fourth-order valence-electron chi connectivity index (χ4n) is 4.92. The van der Waals surface area contributed by atoms with Crippen molar-refractivity contribution < 1.29 is 27.3 Å². The maximum atomic E-state index is 13.0. The number of nitrogens with zero attached hydrogens (tertiary/aromatic N) is 2. The number of hydrogen-bond donors (Lipinski definition) is 3. The van der Waals surface area contributed by atoms with E-state index in [1.807, 2.05) is 26.8 Å².